The number of rotatable bonds is 3. The average Bonchev–Trinajstić information content (AvgIpc) is 2.80. The summed E-state index contributed by atoms with van der Waals surface area (Å²) in [7, 11) is 1.83. The molecule has 2 N–H and O–H groups in total. The Bertz CT molecular complexity index is 958. The molecule has 0 bridgehead atoms. The maximum atomic E-state index is 13.1. The molecule has 0 aliphatic carbocycles. The Kier molecular flexibility index (Phi) is 4.53. The van der Waals surface area contributed by atoms with E-state index in [2.05, 4.69) is 22.9 Å². The van der Waals surface area contributed by atoms with Crippen molar-refractivity contribution in [2.45, 2.75) is 37.5 Å². The van der Waals surface area contributed by atoms with Gasteiger partial charge in [-0.3, -0.25) is 19.1 Å². The van der Waals surface area contributed by atoms with Crippen LogP contribution in [-0.4, -0.2) is 32.5 Å². The van der Waals surface area contributed by atoms with Gasteiger partial charge in [-0.25, -0.2) is 9.37 Å². The van der Waals surface area contributed by atoms with Crippen molar-refractivity contribution in [2.24, 2.45) is 0 Å². The van der Waals surface area contributed by atoms with Crippen LogP contribution in [0.3, 0.4) is 0 Å². The third-order valence-electron chi connectivity index (χ3n) is 4.70. The lowest BCUT2D eigenvalue weighted by atomic mass is 10.0. The molecule has 1 aromatic carbocycles. The zero-order valence-electron chi connectivity index (χ0n) is 14.6. The van der Waals surface area contributed by atoms with Crippen molar-refractivity contribution < 1.29 is 14.3 Å². The number of fused-ring (bicyclic) bond motifs is 1. The minimum Gasteiger partial charge on any atom is -0.501 e. The van der Waals surface area contributed by atoms with Crippen LogP contribution in [0.1, 0.15) is 35.7 Å². The predicted octanol–water partition coefficient (Wildman–Crippen LogP) is 1.44. The normalized spacial score (nSPS) is 15.7. The van der Waals surface area contributed by atoms with Crippen molar-refractivity contribution in [3.8, 4) is 5.75 Å². The second-order valence-corrected chi connectivity index (χ2v) is 7.20. The lowest BCUT2D eigenvalue weighted by molar-refractivity contribution is 0.0941. The van der Waals surface area contributed by atoms with E-state index in [1.165, 1.54) is 22.8 Å². The third kappa shape index (κ3) is 2.97. The molecular weight excluding hydrogens is 359 g/mol. The molecule has 2 aromatic rings. The molecule has 1 aromatic heterocycles. The molecule has 0 spiro atoms. The van der Waals surface area contributed by atoms with Gasteiger partial charge < -0.3 is 10.4 Å². The molecule has 1 aliphatic rings. The van der Waals surface area contributed by atoms with E-state index in [0.717, 1.165) is 0 Å². The largest absolute Gasteiger partial charge is 0.501 e. The van der Waals surface area contributed by atoms with Gasteiger partial charge in [-0.1, -0.05) is 6.07 Å². The van der Waals surface area contributed by atoms with Gasteiger partial charge in [0.1, 0.15) is 11.6 Å². The summed E-state index contributed by atoms with van der Waals surface area (Å²) in [4.78, 5) is 31.4. The highest BCUT2D eigenvalue weighted by atomic mass is 32.1. The third-order valence-corrected chi connectivity index (χ3v) is 5.12. The molecule has 0 saturated carbocycles. The summed E-state index contributed by atoms with van der Waals surface area (Å²) in [5, 5.41) is 12.7. The van der Waals surface area contributed by atoms with Crippen LogP contribution in [0.2, 0.25) is 0 Å². The van der Waals surface area contributed by atoms with E-state index >= 15 is 0 Å². The molecular formula is C17H19FN4O3S. The molecule has 26 heavy (non-hydrogen) atoms. The topological polar surface area (TPSA) is 87.5 Å². The first-order valence-corrected chi connectivity index (χ1v) is 8.38. The Hall–Kier alpha value is -2.39. The summed E-state index contributed by atoms with van der Waals surface area (Å²) in [5.41, 5.74) is -0.945. The number of amides is 1. The zero-order valence-corrected chi connectivity index (χ0v) is 15.5. The van der Waals surface area contributed by atoms with E-state index in [0.29, 0.717) is 16.3 Å². The lowest BCUT2D eigenvalue weighted by Crippen LogP contribution is -2.33. The summed E-state index contributed by atoms with van der Waals surface area (Å²) >= 11 is 4.16. The van der Waals surface area contributed by atoms with Crippen LogP contribution >= 0.6 is 12.6 Å². The minimum atomic E-state index is -0.692. The predicted molar refractivity (Wildman–Crippen MR) is 95.8 cm³/mol. The fourth-order valence-electron chi connectivity index (χ4n) is 2.81. The number of aromatic hydroxyl groups is 1. The average molecular weight is 378 g/mol. The highest BCUT2D eigenvalue weighted by Crippen LogP contribution is 2.31. The molecule has 0 saturated heterocycles. The van der Waals surface area contributed by atoms with Gasteiger partial charge in [-0.15, -0.1) is 12.6 Å². The van der Waals surface area contributed by atoms with Gasteiger partial charge in [0.2, 0.25) is 5.75 Å². The SMILES string of the molecule is CN1Cn2c(nc(C(=O)NCc3ccc(F)cc3S)c(O)c2=O)C1(C)C. The Labute approximate surface area is 154 Å². The number of nitrogens with zero attached hydrogens (tertiary/aromatic N) is 3. The molecule has 2 heterocycles. The van der Waals surface area contributed by atoms with Gasteiger partial charge in [0.25, 0.3) is 11.5 Å². The van der Waals surface area contributed by atoms with Crippen LogP contribution in [0.25, 0.3) is 0 Å². The Morgan fingerprint density at radius 3 is 2.81 bits per heavy atom. The molecule has 1 aliphatic heterocycles. The summed E-state index contributed by atoms with van der Waals surface area (Å²) in [5.74, 6) is -1.40. The van der Waals surface area contributed by atoms with Crippen LogP contribution < -0.4 is 10.9 Å². The molecule has 0 radical (unpaired) electrons. The van der Waals surface area contributed by atoms with E-state index in [4.69, 9.17) is 0 Å². The molecule has 7 nitrogen and oxygen atoms in total. The van der Waals surface area contributed by atoms with Gasteiger partial charge >= 0.3 is 0 Å². The van der Waals surface area contributed by atoms with E-state index < -0.39 is 28.6 Å². The molecule has 0 atom stereocenters. The molecule has 138 valence electrons. The number of aromatic nitrogens is 2. The summed E-state index contributed by atoms with van der Waals surface area (Å²) in [6, 6.07) is 4.00. The van der Waals surface area contributed by atoms with Crippen LogP contribution in [-0.2, 0) is 18.8 Å². The Morgan fingerprint density at radius 1 is 1.46 bits per heavy atom. The number of benzene rings is 1. The highest BCUT2D eigenvalue weighted by Gasteiger charge is 2.39. The van der Waals surface area contributed by atoms with Crippen molar-refractivity contribution in [2.75, 3.05) is 7.05 Å². The van der Waals surface area contributed by atoms with Crippen LogP contribution in [0.4, 0.5) is 4.39 Å². The minimum absolute atomic E-state index is 0.0563. The number of carbonyl (C=O) groups excluding carboxylic acids is 1. The molecule has 1 amide bonds. The summed E-state index contributed by atoms with van der Waals surface area (Å²) < 4.78 is 14.5. The number of hydrogen-bond donors (Lipinski definition) is 3. The fraction of sp³-hybridized carbons (Fsp3) is 0.353. The number of carbonyl (C=O) groups is 1. The lowest BCUT2D eigenvalue weighted by Gasteiger charge is -2.25. The Balaban J connectivity index is 1.90. The van der Waals surface area contributed by atoms with Gasteiger partial charge in [-0.2, -0.15) is 0 Å². The van der Waals surface area contributed by atoms with Crippen molar-refractivity contribution in [3.63, 3.8) is 0 Å². The van der Waals surface area contributed by atoms with Gasteiger partial charge in [0.05, 0.1) is 12.2 Å². The number of hydrogen-bond acceptors (Lipinski definition) is 6. The van der Waals surface area contributed by atoms with Gasteiger partial charge in [0, 0.05) is 11.4 Å². The summed E-state index contributed by atoms with van der Waals surface area (Å²) in [6.45, 7) is 4.09. The zero-order chi connectivity index (χ0) is 19.2. The number of thiol groups is 1. The maximum absolute atomic E-state index is 13.1. The Morgan fingerprint density at radius 2 is 2.15 bits per heavy atom. The van der Waals surface area contributed by atoms with E-state index in [9.17, 15) is 19.1 Å². The van der Waals surface area contributed by atoms with E-state index in [1.54, 1.807) is 0 Å². The highest BCUT2D eigenvalue weighted by molar-refractivity contribution is 7.80. The molecule has 0 unspecified atom stereocenters. The van der Waals surface area contributed by atoms with Crippen LogP contribution in [0.15, 0.2) is 27.9 Å². The van der Waals surface area contributed by atoms with Crippen molar-refractivity contribution >= 4 is 18.5 Å². The second kappa shape index (κ2) is 6.40. The first-order chi connectivity index (χ1) is 12.1. The maximum Gasteiger partial charge on any atom is 0.297 e. The van der Waals surface area contributed by atoms with Crippen LogP contribution in [0, 0.1) is 5.82 Å². The van der Waals surface area contributed by atoms with Gasteiger partial charge in [-0.05, 0) is 38.6 Å². The number of halogens is 1. The van der Waals surface area contributed by atoms with Crippen molar-refractivity contribution in [1.29, 1.82) is 0 Å². The molecule has 0 fully saturated rings. The first-order valence-electron chi connectivity index (χ1n) is 7.94. The quantitative estimate of drug-likeness (QED) is 0.704. The fourth-order valence-corrected chi connectivity index (χ4v) is 3.08. The first kappa shape index (κ1) is 18.4. The van der Waals surface area contributed by atoms with E-state index in [-0.39, 0.29) is 18.9 Å². The second-order valence-electron chi connectivity index (χ2n) is 6.72. The smallest absolute Gasteiger partial charge is 0.297 e. The molecule has 9 heteroatoms. The monoisotopic (exact) mass is 378 g/mol. The standard InChI is InChI=1S/C17H19FN4O3S/c1-17(2)16-20-12(13(23)15(25)22(16)8-21(17)3)14(24)19-7-9-4-5-10(18)6-11(9)26/h4-6,23,26H,7-8H2,1-3H3,(H,19,24). The van der Waals surface area contributed by atoms with Gasteiger partial charge in [0.15, 0.2) is 5.69 Å². The molecule has 3 rings (SSSR count). The number of nitrogens with one attached hydrogen (secondary N) is 1. The van der Waals surface area contributed by atoms with Crippen LogP contribution in [0.5, 0.6) is 5.75 Å². The van der Waals surface area contributed by atoms with Crippen molar-refractivity contribution in [1.82, 2.24) is 19.8 Å². The van der Waals surface area contributed by atoms with E-state index in [1.807, 2.05) is 25.8 Å². The summed E-state index contributed by atoms with van der Waals surface area (Å²) in [6.07, 6.45) is 0. The van der Waals surface area contributed by atoms with Crippen molar-refractivity contribution in [3.05, 3.63) is 51.5 Å².